The van der Waals surface area contributed by atoms with Crippen molar-refractivity contribution in [3.8, 4) is 5.69 Å². The number of ether oxygens (including phenoxy) is 1. The summed E-state index contributed by atoms with van der Waals surface area (Å²) in [5.74, 6) is -1.82. The molecule has 1 N–H and O–H groups in total. The Morgan fingerprint density at radius 2 is 1.71 bits per heavy atom. The van der Waals surface area contributed by atoms with Gasteiger partial charge in [0.15, 0.2) is 0 Å². The van der Waals surface area contributed by atoms with Crippen LogP contribution in [0.4, 0.5) is 18.0 Å². The molecule has 0 saturated heterocycles. The molecule has 0 spiro atoms. The first-order chi connectivity index (χ1) is 13.0. The van der Waals surface area contributed by atoms with Crippen molar-refractivity contribution in [2.45, 2.75) is 39.3 Å². The van der Waals surface area contributed by atoms with E-state index in [9.17, 15) is 18.0 Å². The third kappa shape index (κ3) is 4.27. The number of hydrogen-bond acceptors (Lipinski definition) is 3. The lowest BCUT2D eigenvalue weighted by Crippen LogP contribution is -2.34. The summed E-state index contributed by atoms with van der Waals surface area (Å²) in [6.07, 6.45) is -0.671. The maximum absolute atomic E-state index is 13.8. The number of carbonyl (C=O) groups excluding carboxylic acids is 1. The summed E-state index contributed by atoms with van der Waals surface area (Å²) in [5.41, 5.74) is 0.161. The molecule has 1 atom stereocenters. The fraction of sp³-hybridized carbons (Fsp3) is 0.300. The van der Waals surface area contributed by atoms with Crippen molar-refractivity contribution >= 4 is 17.1 Å². The number of hydrogen-bond donors (Lipinski definition) is 1. The van der Waals surface area contributed by atoms with Gasteiger partial charge in [-0.1, -0.05) is 0 Å². The smallest absolute Gasteiger partial charge is 0.408 e. The van der Waals surface area contributed by atoms with Crippen LogP contribution in [0.3, 0.4) is 0 Å². The molecule has 2 aromatic carbocycles. The number of aromatic nitrogens is 2. The molecule has 1 aromatic heterocycles. The predicted molar refractivity (Wildman–Crippen MR) is 98.7 cm³/mol. The maximum Gasteiger partial charge on any atom is 0.408 e. The number of alkyl carbamates (subject to hydrolysis) is 1. The van der Waals surface area contributed by atoms with Crippen LogP contribution in [0.25, 0.3) is 16.7 Å². The minimum absolute atomic E-state index is 0.124. The highest BCUT2D eigenvalue weighted by atomic mass is 19.1. The molecule has 1 amide bonds. The molecule has 0 aliphatic rings. The van der Waals surface area contributed by atoms with Crippen LogP contribution in [-0.4, -0.2) is 21.2 Å². The van der Waals surface area contributed by atoms with Crippen LogP contribution in [0.2, 0.25) is 0 Å². The van der Waals surface area contributed by atoms with Gasteiger partial charge >= 0.3 is 6.09 Å². The van der Waals surface area contributed by atoms with E-state index in [0.29, 0.717) is 11.0 Å². The van der Waals surface area contributed by atoms with Crippen molar-refractivity contribution < 1.29 is 22.7 Å². The first-order valence-corrected chi connectivity index (χ1v) is 8.67. The van der Waals surface area contributed by atoms with E-state index in [1.165, 1.54) is 22.8 Å². The van der Waals surface area contributed by atoms with E-state index in [0.717, 1.165) is 18.2 Å². The number of rotatable bonds is 3. The Labute approximate surface area is 160 Å². The van der Waals surface area contributed by atoms with Crippen molar-refractivity contribution in [1.29, 1.82) is 0 Å². The maximum atomic E-state index is 13.8. The second kappa shape index (κ2) is 7.18. The Bertz CT molecular complexity index is 1020. The molecule has 28 heavy (non-hydrogen) atoms. The number of nitrogens with zero attached hydrogens (tertiary/aromatic N) is 2. The summed E-state index contributed by atoms with van der Waals surface area (Å²) in [6, 6.07) is 6.19. The molecule has 0 saturated carbocycles. The molecule has 0 aliphatic carbocycles. The van der Waals surface area contributed by atoms with Gasteiger partial charge in [-0.3, -0.25) is 4.57 Å². The molecule has 0 radical (unpaired) electrons. The third-order valence-electron chi connectivity index (χ3n) is 3.87. The number of benzene rings is 2. The minimum Gasteiger partial charge on any atom is -0.444 e. The van der Waals surface area contributed by atoms with Gasteiger partial charge in [0.1, 0.15) is 28.9 Å². The Morgan fingerprint density at radius 1 is 1.07 bits per heavy atom. The molecule has 5 nitrogen and oxygen atoms in total. The van der Waals surface area contributed by atoms with Crippen molar-refractivity contribution in [3.63, 3.8) is 0 Å². The highest BCUT2D eigenvalue weighted by molar-refractivity contribution is 5.79. The molecule has 0 fully saturated rings. The molecule has 0 aliphatic heterocycles. The van der Waals surface area contributed by atoms with E-state index in [4.69, 9.17) is 4.74 Å². The largest absolute Gasteiger partial charge is 0.444 e. The van der Waals surface area contributed by atoms with E-state index < -0.39 is 35.2 Å². The molecular weight excluding hydrogens is 371 g/mol. The monoisotopic (exact) mass is 391 g/mol. The van der Waals surface area contributed by atoms with Crippen LogP contribution < -0.4 is 5.32 Å². The molecule has 8 heteroatoms. The molecule has 3 rings (SSSR count). The van der Waals surface area contributed by atoms with E-state index in [-0.39, 0.29) is 11.5 Å². The summed E-state index contributed by atoms with van der Waals surface area (Å²) in [7, 11) is 0. The number of fused-ring (bicyclic) bond motifs is 1. The summed E-state index contributed by atoms with van der Waals surface area (Å²) in [6.45, 7) is 6.83. The fourth-order valence-corrected chi connectivity index (χ4v) is 2.85. The lowest BCUT2D eigenvalue weighted by Gasteiger charge is -2.22. The second-order valence-corrected chi connectivity index (χ2v) is 7.43. The number of carbonyl (C=O) groups is 1. The molecule has 3 aromatic rings. The van der Waals surface area contributed by atoms with E-state index >= 15 is 0 Å². The molecule has 1 heterocycles. The lowest BCUT2D eigenvalue weighted by atomic mass is 10.2. The van der Waals surface area contributed by atoms with E-state index in [2.05, 4.69) is 10.3 Å². The van der Waals surface area contributed by atoms with Crippen molar-refractivity contribution in [2.24, 2.45) is 0 Å². The van der Waals surface area contributed by atoms with Crippen LogP contribution in [0.15, 0.2) is 36.4 Å². The van der Waals surface area contributed by atoms with Crippen molar-refractivity contribution in [1.82, 2.24) is 14.9 Å². The zero-order valence-electron chi connectivity index (χ0n) is 15.9. The van der Waals surface area contributed by atoms with Crippen LogP contribution in [0.1, 0.15) is 39.6 Å². The van der Waals surface area contributed by atoms with Gasteiger partial charge < -0.3 is 10.1 Å². The molecule has 0 bridgehead atoms. The Balaban J connectivity index is 2.10. The first kappa shape index (κ1) is 19.7. The van der Waals surface area contributed by atoms with Gasteiger partial charge in [-0.05, 0) is 52.0 Å². The summed E-state index contributed by atoms with van der Waals surface area (Å²) >= 11 is 0. The lowest BCUT2D eigenvalue weighted by molar-refractivity contribution is 0.0505. The summed E-state index contributed by atoms with van der Waals surface area (Å²) in [4.78, 5) is 16.5. The zero-order valence-corrected chi connectivity index (χ0v) is 15.9. The quantitative estimate of drug-likeness (QED) is 0.681. The molecule has 0 unspecified atom stereocenters. The normalized spacial score (nSPS) is 12.8. The van der Waals surface area contributed by atoms with Crippen LogP contribution >= 0.6 is 0 Å². The predicted octanol–water partition coefficient (Wildman–Crippen LogP) is 5.03. The van der Waals surface area contributed by atoms with Gasteiger partial charge in [0.2, 0.25) is 0 Å². The third-order valence-corrected chi connectivity index (χ3v) is 3.87. The fourth-order valence-electron chi connectivity index (χ4n) is 2.85. The van der Waals surface area contributed by atoms with Crippen molar-refractivity contribution in [3.05, 3.63) is 59.7 Å². The average molecular weight is 391 g/mol. The van der Waals surface area contributed by atoms with Gasteiger partial charge in [-0.15, -0.1) is 0 Å². The van der Waals surface area contributed by atoms with E-state index in [1.54, 1.807) is 27.7 Å². The highest BCUT2D eigenvalue weighted by Gasteiger charge is 2.23. The van der Waals surface area contributed by atoms with E-state index in [1.807, 2.05) is 0 Å². The highest BCUT2D eigenvalue weighted by Crippen LogP contribution is 2.27. The first-order valence-electron chi connectivity index (χ1n) is 8.67. The number of nitrogens with one attached hydrogen (secondary N) is 1. The minimum atomic E-state index is -0.785. The summed E-state index contributed by atoms with van der Waals surface area (Å²) in [5, 5.41) is 2.64. The van der Waals surface area contributed by atoms with Gasteiger partial charge in [0.05, 0.1) is 22.8 Å². The van der Waals surface area contributed by atoms with Gasteiger partial charge in [-0.2, -0.15) is 0 Å². The SMILES string of the molecule is C[C@H](NC(=O)OC(C)(C)C)c1nc2ccc(F)cc2n1-c1cc(F)cc(F)c1. The Morgan fingerprint density at radius 3 is 2.32 bits per heavy atom. The molecule has 148 valence electrons. The van der Waals surface area contributed by atoms with Gasteiger partial charge in [-0.25, -0.2) is 22.9 Å². The topological polar surface area (TPSA) is 56.1 Å². The molecular formula is C20H20F3N3O2. The zero-order chi connectivity index (χ0) is 20.6. The average Bonchev–Trinajstić information content (AvgIpc) is 2.90. The second-order valence-electron chi connectivity index (χ2n) is 7.43. The van der Waals surface area contributed by atoms with Crippen molar-refractivity contribution in [2.75, 3.05) is 0 Å². The van der Waals surface area contributed by atoms with Crippen LogP contribution in [-0.2, 0) is 4.74 Å². The van der Waals surface area contributed by atoms with Gasteiger partial charge in [0, 0.05) is 12.1 Å². The summed E-state index contributed by atoms with van der Waals surface area (Å²) < 4.78 is 48.0. The van der Waals surface area contributed by atoms with Gasteiger partial charge in [0.25, 0.3) is 0 Å². The number of halogens is 3. The Kier molecular flexibility index (Phi) is 5.06. The van der Waals surface area contributed by atoms with Crippen LogP contribution in [0, 0.1) is 17.5 Å². The van der Waals surface area contributed by atoms with Crippen LogP contribution in [0.5, 0.6) is 0 Å². The Hall–Kier alpha value is -3.03. The standard InChI is InChI=1S/C20H20F3N3O2/c1-11(24-19(27)28-20(2,3)4)18-25-16-6-5-12(21)10-17(16)26(18)15-8-13(22)7-14(23)9-15/h5-11H,1-4H3,(H,24,27)/t11-/m0/s1. The number of amides is 1. The number of imidazole rings is 1.